The summed E-state index contributed by atoms with van der Waals surface area (Å²) in [6.45, 7) is 4.29. The number of nitrogens with one attached hydrogen (secondary N) is 1. The number of hydrogen-bond donors (Lipinski definition) is 1. The quantitative estimate of drug-likeness (QED) is 0.727. The molecule has 0 radical (unpaired) electrons. The minimum absolute atomic E-state index is 0.537. The Morgan fingerprint density at radius 1 is 1.26 bits per heavy atom. The third-order valence-corrected chi connectivity index (χ3v) is 4.53. The van der Waals surface area contributed by atoms with Crippen LogP contribution in [0.25, 0.3) is 0 Å². The van der Waals surface area contributed by atoms with Crippen LogP contribution < -0.4 is 5.32 Å². The first-order chi connectivity index (χ1) is 9.40. The highest BCUT2D eigenvalue weighted by Gasteiger charge is 2.19. The fourth-order valence-electron chi connectivity index (χ4n) is 3.42. The molecule has 2 nitrogen and oxygen atoms in total. The lowest BCUT2D eigenvalue weighted by atomic mass is 9.91. The van der Waals surface area contributed by atoms with Crippen molar-refractivity contribution in [3.63, 3.8) is 0 Å². The van der Waals surface area contributed by atoms with Crippen LogP contribution in [0, 0.1) is 0 Å². The van der Waals surface area contributed by atoms with Gasteiger partial charge in [-0.05, 0) is 57.9 Å². The largest absolute Gasteiger partial charge is 0.378 e. The molecule has 0 bridgehead atoms. The summed E-state index contributed by atoms with van der Waals surface area (Å²) >= 11 is 0. The average molecular weight is 265 g/mol. The van der Waals surface area contributed by atoms with Gasteiger partial charge in [0, 0.05) is 12.6 Å². The monoisotopic (exact) mass is 265 g/mol. The Balaban J connectivity index is 1.85. The molecule has 1 saturated heterocycles. The summed E-state index contributed by atoms with van der Waals surface area (Å²) in [5, 5.41) is 3.70. The maximum absolute atomic E-state index is 5.77. The van der Waals surface area contributed by atoms with E-state index in [2.05, 4.69) is 18.3 Å². The molecule has 110 valence electrons. The van der Waals surface area contributed by atoms with Crippen LogP contribution in [0.5, 0.6) is 0 Å². The van der Waals surface area contributed by atoms with Gasteiger partial charge in [0.05, 0.1) is 6.10 Å². The van der Waals surface area contributed by atoms with Gasteiger partial charge in [-0.1, -0.05) is 31.4 Å². The van der Waals surface area contributed by atoms with Crippen LogP contribution in [0.1, 0.15) is 71.1 Å². The third-order valence-electron chi connectivity index (χ3n) is 4.53. The third kappa shape index (κ3) is 5.27. The molecule has 1 aliphatic heterocycles. The number of rotatable bonds is 6. The summed E-state index contributed by atoms with van der Waals surface area (Å²) in [7, 11) is 0. The van der Waals surface area contributed by atoms with Crippen molar-refractivity contribution in [1.29, 1.82) is 0 Å². The fourth-order valence-corrected chi connectivity index (χ4v) is 3.42. The van der Waals surface area contributed by atoms with E-state index in [-0.39, 0.29) is 0 Å². The second-order valence-electron chi connectivity index (χ2n) is 6.05. The molecule has 0 spiro atoms. The summed E-state index contributed by atoms with van der Waals surface area (Å²) in [6.07, 6.45) is 16.3. The minimum atomic E-state index is 0.537. The molecule has 19 heavy (non-hydrogen) atoms. The average Bonchev–Trinajstić information content (AvgIpc) is 2.88. The normalized spacial score (nSPS) is 26.6. The van der Waals surface area contributed by atoms with E-state index in [1.165, 1.54) is 64.2 Å². The van der Waals surface area contributed by atoms with Crippen LogP contribution in [-0.4, -0.2) is 25.3 Å². The maximum Gasteiger partial charge on any atom is 0.0576 e. The molecule has 2 heteroatoms. The Bertz CT molecular complexity index is 268. The van der Waals surface area contributed by atoms with Crippen LogP contribution in [0.3, 0.4) is 0 Å². The molecule has 0 aromatic heterocycles. The smallest absolute Gasteiger partial charge is 0.0576 e. The Morgan fingerprint density at radius 3 is 2.95 bits per heavy atom. The van der Waals surface area contributed by atoms with E-state index in [1.807, 2.05) is 0 Å². The first-order valence-electron chi connectivity index (χ1n) is 8.44. The van der Waals surface area contributed by atoms with Crippen LogP contribution in [0.15, 0.2) is 11.6 Å². The van der Waals surface area contributed by atoms with E-state index in [0.717, 1.165) is 13.2 Å². The van der Waals surface area contributed by atoms with Crippen molar-refractivity contribution >= 4 is 0 Å². The maximum atomic E-state index is 5.77. The Kier molecular flexibility index (Phi) is 6.94. The van der Waals surface area contributed by atoms with Crippen molar-refractivity contribution in [1.82, 2.24) is 5.32 Å². The van der Waals surface area contributed by atoms with Crippen LogP contribution in [-0.2, 0) is 4.74 Å². The highest BCUT2D eigenvalue weighted by molar-refractivity contribution is 5.11. The number of likely N-dealkylation sites (N-methyl/N-ethyl adjacent to an activating group) is 1. The predicted octanol–water partition coefficient (Wildman–Crippen LogP) is 4.20. The van der Waals surface area contributed by atoms with Crippen molar-refractivity contribution in [2.45, 2.75) is 83.3 Å². The summed E-state index contributed by atoms with van der Waals surface area (Å²) in [5.41, 5.74) is 1.68. The van der Waals surface area contributed by atoms with E-state index in [1.54, 1.807) is 5.57 Å². The van der Waals surface area contributed by atoms with Gasteiger partial charge in [0.25, 0.3) is 0 Å². The van der Waals surface area contributed by atoms with Gasteiger partial charge < -0.3 is 10.1 Å². The molecule has 2 unspecified atom stereocenters. The van der Waals surface area contributed by atoms with Gasteiger partial charge in [-0.2, -0.15) is 0 Å². The van der Waals surface area contributed by atoms with Gasteiger partial charge in [-0.25, -0.2) is 0 Å². The topological polar surface area (TPSA) is 21.3 Å². The van der Waals surface area contributed by atoms with Crippen molar-refractivity contribution in [2.24, 2.45) is 0 Å². The van der Waals surface area contributed by atoms with Gasteiger partial charge in [-0.3, -0.25) is 0 Å². The fraction of sp³-hybridized carbons (Fsp3) is 0.882. The molecule has 2 rings (SSSR count). The van der Waals surface area contributed by atoms with Crippen molar-refractivity contribution in [3.05, 3.63) is 11.6 Å². The van der Waals surface area contributed by atoms with Crippen molar-refractivity contribution < 1.29 is 4.74 Å². The molecule has 2 aliphatic rings. The zero-order chi connectivity index (χ0) is 13.3. The number of allylic oxidation sites excluding steroid dienone is 1. The van der Waals surface area contributed by atoms with Gasteiger partial charge >= 0.3 is 0 Å². The lowest BCUT2D eigenvalue weighted by Crippen LogP contribution is -2.32. The summed E-state index contributed by atoms with van der Waals surface area (Å²) < 4.78 is 5.77. The highest BCUT2D eigenvalue weighted by atomic mass is 16.5. The van der Waals surface area contributed by atoms with Gasteiger partial charge in [0.1, 0.15) is 0 Å². The predicted molar refractivity (Wildman–Crippen MR) is 81.5 cm³/mol. The lowest BCUT2D eigenvalue weighted by Gasteiger charge is -2.24. The zero-order valence-corrected chi connectivity index (χ0v) is 12.6. The standard InChI is InChI=1S/C17H31NO/c1-2-18-17(13-12-16-11-8-14-19-16)15-9-6-4-3-5-7-10-15/h9,16-18H,2-8,10-14H2,1H3. The molecule has 1 aliphatic carbocycles. The Morgan fingerprint density at radius 2 is 2.16 bits per heavy atom. The first-order valence-corrected chi connectivity index (χ1v) is 8.44. The molecule has 0 aromatic rings. The molecule has 1 fully saturated rings. The minimum Gasteiger partial charge on any atom is -0.378 e. The molecule has 1 heterocycles. The number of hydrogen-bond acceptors (Lipinski definition) is 2. The molecule has 0 aromatic carbocycles. The summed E-state index contributed by atoms with van der Waals surface area (Å²) in [5.74, 6) is 0. The highest BCUT2D eigenvalue weighted by Crippen LogP contribution is 2.24. The Hall–Kier alpha value is -0.340. The van der Waals surface area contributed by atoms with E-state index in [9.17, 15) is 0 Å². The van der Waals surface area contributed by atoms with Crippen LogP contribution >= 0.6 is 0 Å². The molecule has 2 atom stereocenters. The second kappa shape index (κ2) is 8.76. The SMILES string of the molecule is CCNC(CCC1CCCO1)C1=CCCCCCC1. The van der Waals surface area contributed by atoms with E-state index >= 15 is 0 Å². The Labute approximate surface area is 119 Å². The van der Waals surface area contributed by atoms with Crippen molar-refractivity contribution in [3.8, 4) is 0 Å². The lowest BCUT2D eigenvalue weighted by molar-refractivity contribution is 0.100. The van der Waals surface area contributed by atoms with E-state index < -0.39 is 0 Å². The second-order valence-corrected chi connectivity index (χ2v) is 6.05. The van der Waals surface area contributed by atoms with Crippen molar-refractivity contribution in [2.75, 3.05) is 13.2 Å². The van der Waals surface area contributed by atoms with Crippen LogP contribution in [0.2, 0.25) is 0 Å². The number of ether oxygens (including phenoxy) is 1. The van der Waals surface area contributed by atoms with Gasteiger partial charge in [-0.15, -0.1) is 0 Å². The molecule has 1 N–H and O–H groups in total. The van der Waals surface area contributed by atoms with E-state index in [0.29, 0.717) is 12.1 Å². The molecule has 0 amide bonds. The first kappa shape index (κ1) is 15.1. The summed E-state index contributed by atoms with van der Waals surface area (Å²) in [6, 6.07) is 0.604. The van der Waals surface area contributed by atoms with Gasteiger partial charge in [0.15, 0.2) is 0 Å². The van der Waals surface area contributed by atoms with E-state index in [4.69, 9.17) is 4.74 Å². The molecular weight excluding hydrogens is 234 g/mol. The summed E-state index contributed by atoms with van der Waals surface area (Å²) in [4.78, 5) is 0. The van der Waals surface area contributed by atoms with Crippen LogP contribution in [0.4, 0.5) is 0 Å². The zero-order valence-electron chi connectivity index (χ0n) is 12.6. The molecular formula is C17H31NO. The van der Waals surface area contributed by atoms with Gasteiger partial charge in [0.2, 0.25) is 0 Å². The molecule has 0 saturated carbocycles.